The zero-order chi connectivity index (χ0) is 20.6. The van der Waals surface area contributed by atoms with Gasteiger partial charge in [-0.25, -0.2) is 13.1 Å². The third-order valence-corrected chi connectivity index (χ3v) is 6.09. The molecule has 0 aliphatic rings. The van der Waals surface area contributed by atoms with E-state index in [9.17, 15) is 18.3 Å². The predicted octanol–water partition coefficient (Wildman–Crippen LogP) is 3.47. The number of rotatable bonds is 4. The molecule has 0 saturated carbocycles. The van der Waals surface area contributed by atoms with Crippen LogP contribution in [0.5, 0.6) is 5.75 Å². The summed E-state index contributed by atoms with van der Waals surface area (Å²) in [5.74, 6) is -0.546. The van der Waals surface area contributed by atoms with Crippen LogP contribution in [0.15, 0.2) is 35.2 Å². The molecule has 6 nitrogen and oxygen atoms in total. The van der Waals surface area contributed by atoms with Crippen molar-refractivity contribution in [2.75, 3.05) is 12.4 Å². The zero-order valence-electron chi connectivity index (χ0n) is 16.5. The fourth-order valence-electron chi connectivity index (χ4n) is 2.64. The molecule has 1 amide bonds. The smallest absolute Gasteiger partial charge is 0.255 e. The number of anilines is 1. The molecule has 0 radical (unpaired) electrons. The maximum atomic E-state index is 12.7. The molecule has 0 bridgehead atoms. The van der Waals surface area contributed by atoms with E-state index in [1.165, 1.54) is 19.2 Å². The van der Waals surface area contributed by atoms with Crippen LogP contribution in [0, 0.1) is 13.8 Å². The molecule has 0 heterocycles. The van der Waals surface area contributed by atoms with E-state index in [0.717, 1.165) is 5.56 Å². The maximum Gasteiger partial charge on any atom is 0.255 e. The molecular formula is C20H26N2O4S. The number of carbonyl (C=O) groups is 1. The van der Waals surface area contributed by atoms with Crippen molar-refractivity contribution in [3.8, 4) is 5.75 Å². The fraction of sp³-hybridized carbons (Fsp3) is 0.350. The zero-order valence-corrected chi connectivity index (χ0v) is 17.3. The van der Waals surface area contributed by atoms with Gasteiger partial charge in [0.2, 0.25) is 10.0 Å². The van der Waals surface area contributed by atoms with Gasteiger partial charge in [-0.1, -0.05) is 26.8 Å². The summed E-state index contributed by atoms with van der Waals surface area (Å²) in [4.78, 5) is 12.8. The monoisotopic (exact) mass is 390 g/mol. The number of nitrogens with one attached hydrogen (secondary N) is 2. The second-order valence-electron chi connectivity index (χ2n) is 7.56. The molecule has 2 aromatic rings. The van der Waals surface area contributed by atoms with Crippen LogP contribution in [0.2, 0.25) is 0 Å². The van der Waals surface area contributed by atoms with E-state index in [4.69, 9.17) is 0 Å². The third-order valence-electron chi connectivity index (χ3n) is 4.55. The average Bonchev–Trinajstić information content (AvgIpc) is 2.57. The summed E-state index contributed by atoms with van der Waals surface area (Å²) in [6.07, 6.45) is 0. The number of amides is 1. The summed E-state index contributed by atoms with van der Waals surface area (Å²) in [6.45, 7) is 9.54. The van der Waals surface area contributed by atoms with E-state index in [-0.39, 0.29) is 27.3 Å². The number of sulfonamides is 1. The number of aromatic hydroxyl groups is 1. The van der Waals surface area contributed by atoms with Gasteiger partial charge in [-0.05, 0) is 67.3 Å². The van der Waals surface area contributed by atoms with Gasteiger partial charge in [-0.15, -0.1) is 0 Å². The van der Waals surface area contributed by atoms with Crippen molar-refractivity contribution in [1.82, 2.24) is 4.72 Å². The number of carbonyl (C=O) groups excluding carboxylic acids is 1. The normalized spacial score (nSPS) is 12.1. The lowest BCUT2D eigenvalue weighted by atomic mass is 9.87. The summed E-state index contributed by atoms with van der Waals surface area (Å²) >= 11 is 0. The minimum Gasteiger partial charge on any atom is -0.506 e. The second-order valence-corrected chi connectivity index (χ2v) is 9.41. The van der Waals surface area contributed by atoms with Crippen molar-refractivity contribution < 1.29 is 18.3 Å². The minimum atomic E-state index is -3.69. The van der Waals surface area contributed by atoms with Gasteiger partial charge in [0.05, 0.1) is 10.6 Å². The number of hydrogen-bond donors (Lipinski definition) is 3. The summed E-state index contributed by atoms with van der Waals surface area (Å²) in [6, 6.07) is 8.03. The Labute approximate surface area is 160 Å². The highest BCUT2D eigenvalue weighted by Gasteiger charge is 2.21. The van der Waals surface area contributed by atoms with Gasteiger partial charge in [0, 0.05) is 5.56 Å². The van der Waals surface area contributed by atoms with E-state index in [0.29, 0.717) is 11.1 Å². The van der Waals surface area contributed by atoms with Crippen molar-refractivity contribution >= 4 is 21.6 Å². The Balaban J connectivity index is 2.46. The molecule has 0 spiro atoms. The quantitative estimate of drug-likeness (QED) is 0.697. The lowest BCUT2D eigenvalue weighted by Gasteiger charge is -2.20. The summed E-state index contributed by atoms with van der Waals surface area (Å²) in [7, 11) is -2.37. The first-order chi connectivity index (χ1) is 12.4. The summed E-state index contributed by atoms with van der Waals surface area (Å²) in [5, 5.41) is 12.8. The lowest BCUT2D eigenvalue weighted by molar-refractivity contribution is 0.102. The van der Waals surface area contributed by atoms with Crippen LogP contribution >= 0.6 is 0 Å². The van der Waals surface area contributed by atoms with Crippen molar-refractivity contribution in [1.29, 1.82) is 0 Å². The van der Waals surface area contributed by atoms with Crippen molar-refractivity contribution in [2.24, 2.45) is 0 Å². The van der Waals surface area contributed by atoms with Crippen molar-refractivity contribution in [2.45, 2.75) is 44.9 Å². The standard InChI is InChI=1S/C20H26N2O4S/c1-12-9-14(10-18(13(12)2)27(25,26)21-6)19(24)22-16-11-15(20(3,4)5)7-8-17(16)23/h7-11,21,23H,1-6H3,(H,22,24). The van der Waals surface area contributed by atoms with Crippen LogP contribution in [-0.4, -0.2) is 26.5 Å². The number of phenolic OH excluding ortho intramolecular Hbond substituents is 1. The second kappa shape index (κ2) is 7.32. The van der Waals surface area contributed by atoms with Crippen LogP contribution in [0.25, 0.3) is 0 Å². The van der Waals surface area contributed by atoms with E-state index in [1.807, 2.05) is 20.8 Å². The molecule has 0 atom stereocenters. The van der Waals surface area contributed by atoms with Gasteiger partial charge in [0.15, 0.2) is 0 Å². The Hall–Kier alpha value is -2.38. The summed E-state index contributed by atoms with van der Waals surface area (Å²) in [5.41, 5.74) is 2.55. The average molecular weight is 391 g/mol. The SMILES string of the molecule is CNS(=O)(=O)c1cc(C(=O)Nc2cc(C(C)(C)C)ccc2O)cc(C)c1C. The Morgan fingerprint density at radius 1 is 1.07 bits per heavy atom. The molecule has 0 aliphatic carbocycles. The molecule has 0 aliphatic heterocycles. The molecule has 0 fully saturated rings. The van der Waals surface area contributed by atoms with E-state index >= 15 is 0 Å². The van der Waals surface area contributed by atoms with Crippen LogP contribution in [-0.2, 0) is 15.4 Å². The summed E-state index contributed by atoms with van der Waals surface area (Å²) < 4.78 is 26.7. The maximum absolute atomic E-state index is 12.7. The molecule has 2 aromatic carbocycles. The topological polar surface area (TPSA) is 95.5 Å². The molecule has 146 valence electrons. The molecular weight excluding hydrogens is 364 g/mol. The number of benzene rings is 2. The highest BCUT2D eigenvalue weighted by molar-refractivity contribution is 7.89. The first-order valence-electron chi connectivity index (χ1n) is 8.56. The van der Waals surface area contributed by atoms with E-state index in [1.54, 1.807) is 32.0 Å². The highest BCUT2D eigenvalue weighted by Crippen LogP contribution is 2.31. The Morgan fingerprint density at radius 3 is 2.26 bits per heavy atom. The van der Waals surface area contributed by atoms with Gasteiger partial charge in [0.1, 0.15) is 5.75 Å². The molecule has 27 heavy (non-hydrogen) atoms. The van der Waals surface area contributed by atoms with E-state index < -0.39 is 15.9 Å². The van der Waals surface area contributed by atoms with Gasteiger partial charge in [-0.3, -0.25) is 4.79 Å². The number of hydrogen-bond acceptors (Lipinski definition) is 4. The molecule has 0 aromatic heterocycles. The Kier molecular flexibility index (Phi) is 5.68. The van der Waals surface area contributed by atoms with Gasteiger partial charge < -0.3 is 10.4 Å². The Morgan fingerprint density at radius 2 is 1.70 bits per heavy atom. The van der Waals surface area contributed by atoms with E-state index in [2.05, 4.69) is 10.0 Å². The molecule has 3 N–H and O–H groups in total. The number of aryl methyl sites for hydroxylation is 1. The van der Waals surface area contributed by atoms with Crippen LogP contribution in [0.1, 0.15) is 47.8 Å². The molecule has 2 rings (SSSR count). The predicted molar refractivity (Wildman–Crippen MR) is 107 cm³/mol. The molecule has 0 unspecified atom stereocenters. The Bertz CT molecular complexity index is 990. The van der Waals surface area contributed by atoms with Crippen LogP contribution in [0.4, 0.5) is 5.69 Å². The van der Waals surface area contributed by atoms with Gasteiger partial charge in [-0.2, -0.15) is 0 Å². The number of phenols is 1. The first kappa shape index (κ1) is 20.9. The molecule has 7 heteroatoms. The van der Waals surface area contributed by atoms with Crippen molar-refractivity contribution in [3.63, 3.8) is 0 Å². The molecule has 0 saturated heterocycles. The van der Waals surface area contributed by atoms with Crippen LogP contribution in [0.3, 0.4) is 0 Å². The van der Waals surface area contributed by atoms with Crippen molar-refractivity contribution in [3.05, 3.63) is 52.6 Å². The lowest BCUT2D eigenvalue weighted by Crippen LogP contribution is -2.21. The van der Waals surface area contributed by atoms with Gasteiger partial charge >= 0.3 is 0 Å². The fourth-order valence-corrected chi connectivity index (χ4v) is 3.71. The first-order valence-corrected chi connectivity index (χ1v) is 10.0. The van der Waals surface area contributed by atoms with Gasteiger partial charge in [0.25, 0.3) is 5.91 Å². The third kappa shape index (κ3) is 4.48. The van der Waals surface area contributed by atoms with Crippen LogP contribution < -0.4 is 10.0 Å². The highest BCUT2D eigenvalue weighted by atomic mass is 32.2. The minimum absolute atomic E-state index is 0.0525. The largest absolute Gasteiger partial charge is 0.506 e.